The Morgan fingerprint density at radius 1 is 0.513 bits per heavy atom. The number of aromatic nitrogens is 1. The molecule has 14 N–H and O–H groups in total. The molecule has 20 nitrogen and oxygen atoms in total. The highest BCUT2D eigenvalue weighted by Crippen LogP contribution is 2.20. The number of aromatic amines is 1. The Morgan fingerprint density at radius 2 is 0.921 bits per heavy atom. The molecule has 0 fully saturated rings. The van der Waals surface area contributed by atoms with E-state index >= 15 is 0 Å². The maximum atomic E-state index is 14.8. The SMILES string of the molecule is CC(O)C(NC(=O)C(CCCCN)NC(=O)[C@@H](Cc1c[nH]c2ccccc12)NC(=O)C(Cc1ccccc1)NC(=O)C(Cc1ccccc1)NC(=O)C(N)CS)C(=O)NC(Cc1ccccc1)C(=O)NC(CS)C(=O)O. The lowest BCUT2D eigenvalue weighted by atomic mass is 10.00. The summed E-state index contributed by atoms with van der Waals surface area (Å²) in [6.07, 6.45) is 0.676. The van der Waals surface area contributed by atoms with E-state index in [1.165, 1.54) is 6.92 Å². The molecule has 0 aliphatic heterocycles. The van der Waals surface area contributed by atoms with Gasteiger partial charge in [0, 0.05) is 54.3 Å². The van der Waals surface area contributed by atoms with E-state index < -0.39 is 102 Å². The van der Waals surface area contributed by atoms with Crippen molar-refractivity contribution in [3.63, 3.8) is 0 Å². The van der Waals surface area contributed by atoms with Gasteiger partial charge in [-0.25, -0.2) is 4.79 Å². The second-order valence-corrected chi connectivity index (χ2v) is 19.1. The van der Waals surface area contributed by atoms with Gasteiger partial charge in [-0.2, -0.15) is 25.3 Å². The first-order valence-electron chi connectivity index (χ1n) is 24.9. The average molecular weight is 1080 g/mol. The number of rotatable bonds is 30. The van der Waals surface area contributed by atoms with Crippen LogP contribution in [0.2, 0.25) is 0 Å². The van der Waals surface area contributed by atoms with Crippen LogP contribution < -0.4 is 48.7 Å². The normalized spacial score (nSPS) is 14.7. The van der Waals surface area contributed by atoms with Crippen molar-refractivity contribution in [1.82, 2.24) is 42.2 Å². The van der Waals surface area contributed by atoms with Crippen LogP contribution in [0.25, 0.3) is 10.9 Å². The number of carboxylic acid groups (broad SMARTS) is 1. The van der Waals surface area contributed by atoms with Crippen LogP contribution >= 0.6 is 25.3 Å². The second-order valence-electron chi connectivity index (χ2n) is 18.3. The van der Waals surface area contributed by atoms with E-state index in [4.69, 9.17) is 11.5 Å². The van der Waals surface area contributed by atoms with Gasteiger partial charge in [0.15, 0.2) is 0 Å². The highest BCUT2D eigenvalue weighted by molar-refractivity contribution is 7.80. The maximum Gasteiger partial charge on any atom is 0.327 e. The van der Waals surface area contributed by atoms with Gasteiger partial charge in [-0.3, -0.25) is 33.6 Å². The molecule has 5 rings (SSSR count). The van der Waals surface area contributed by atoms with E-state index in [1.807, 2.05) is 24.3 Å². The minimum absolute atomic E-state index is 0.00124. The van der Waals surface area contributed by atoms with Crippen molar-refractivity contribution >= 4 is 83.5 Å². The number of aliphatic hydroxyl groups excluding tert-OH is 1. The van der Waals surface area contributed by atoms with E-state index in [0.29, 0.717) is 35.1 Å². The molecule has 0 radical (unpaired) electrons. The highest BCUT2D eigenvalue weighted by atomic mass is 32.1. The molecule has 1 aromatic heterocycles. The molecule has 22 heteroatoms. The van der Waals surface area contributed by atoms with Crippen LogP contribution in [-0.2, 0) is 64.0 Å². The lowest BCUT2D eigenvalue weighted by Gasteiger charge is -2.29. The summed E-state index contributed by atoms with van der Waals surface area (Å²) < 4.78 is 0. The molecular weight excluding hydrogens is 1010 g/mol. The number of carbonyl (C=O) groups excluding carboxylic acids is 7. The number of nitrogens with two attached hydrogens (primary N) is 2. The van der Waals surface area contributed by atoms with Crippen molar-refractivity contribution in [3.05, 3.63) is 144 Å². The highest BCUT2D eigenvalue weighted by Gasteiger charge is 2.36. The van der Waals surface area contributed by atoms with Gasteiger partial charge in [0.25, 0.3) is 0 Å². The monoisotopic (exact) mass is 1080 g/mol. The third-order valence-electron chi connectivity index (χ3n) is 12.5. The Kier molecular flexibility index (Phi) is 23.8. The number of nitrogens with one attached hydrogen (secondary N) is 8. The zero-order chi connectivity index (χ0) is 55.1. The summed E-state index contributed by atoms with van der Waals surface area (Å²) in [7, 11) is 0. The Morgan fingerprint density at radius 3 is 1.37 bits per heavy atom. The molecule has 1 heterocycles. The molecule has 9 atom stereocenters. The Balaban J connectivity index is 1.44. The number of benzene rings is 4. The van der Waals surface area contributed by atoms with Crippen molar-refractivity contribution in [2.45, 2.75) is 106 Å². The minimum atomic E-state index is -1.69. The van der Waals surface area contributed by atoms with E-state index in [0.717, 1.165) is 10.9 Å². The summed E-state index contributed by atoms with van der Waals surface area (Å²) in [5.41, 5.74) is 15.1. The summed E-state index contributed by atoms with van der Waals surface area (Å²) >= 11 is 8.16. The van der Waals surface area contributed by atoms with Crippen molar-refractivity contribution in [2.24, 2.45) is 11.5 Å². The van der Waals surface area contributed by atoms with Gasteiger partial charge in [0.1, 0.15) is 42.3 Å². The number of unbranched alkanes of at least 4 members (excludes halogenated alkanes) is 1. The van der Waals surface area contributed by atoms with Crippen LogP contribution in [0.1, 0.15) is 48.4 Å². The minimum Gasteiger partial charge on any atom is -0.480 e. The molecule has 406 valence electrons. The molecule has 0 aliphatic rings. The first kappa shape index (κ1) is 59.6. The fourth-order valence-electron chi connectivity index (χ4n) is 8.23. The fraction of sp³-hybridized carbons (Fsp3) is 0.370. The van der Waals surface area contributed by atoms with E-state index in [1.54, 1.807) is 97.2 Å². The number of hydrogen-bond acceptors (Lipinski definition) is 13. The van der Waals surface area contributed by atoms with Crippen LogP contribution in [0.5, 0.6) is 0 Å². The van der Waals surface area contributed by atoms with Gasteiger partial charge >= 0.3 is 5.97 Å². The molecule has 4 aromatic carbocycles. The zero-order valence-corrected chi connectivity index (χ0v) is 43.8. The lowest BCUT2D eigenvalue weighted by molar-refractivity contribution is -0.141. The molecule has 0 saturated carbocycles. The summed E-state index contributed by atoms with van der Waals surface area (Å²) in [5.74, 6) is -7.29. The number of para-hydroxylation sites is 1. The van der Waals surface area contributed by atoms with Crippen LogP contribution in [0, 0.1) is 0 Å². The molecule has 76 heavy (non-hydrogen) atoms. The number of aliphatic carboxylic acids is 1. The molecule has 0 spiro atoms. The van der Waals surface area contributed by atoms with Gasteiger partial charge in [-0.1, -0.05) is 109 Å². The average Bonchev–Trinajstić information content (AvgIpc) is 3.83. The molecular formula is C54H68N10O10S2. The van der Waals surface area contributed by atoms with Crippen molar-refractivity contribution in [1.29, 1.82) is 0 Å². The summed E-state index contributed by atoms with van der Waals surface area (Å²) in [5, 5.41) is 39.8. The standard InChI is InChI=1S/C54H68N10O10S2/c1-32(65)46(53(72)62-43(27-35-19-9-4-10-20-35)51(70)63-45(31-76)54(73)74)64-48(67)40(23-13-14-24-55)58-52(71)44(28-36-29-57-39-22-12-11-21-37(36)39)61-50(69)42(26-34-17-7-3-8-18-34)60-49(68)41(59-47(66)38(56)30-75)25-33-15-5-2-6-16-33/h2-12,15-22,29,32,38,40-46,57,65,75-76H,13-14,23-28,30-31,55-56H2,1H3,(H,58,71)(H,59,66)(H,60,68)(H,61,69)(H,62,72)(H,63,70)(H,64,67)(H,73,74)/t32?,38?,40?,41?,42?,43?,44-,45?,46?/m1/s1. The van der Waals surface area contributed by atoms with Crippen molar-refractivity contribution in [3.8, 4) is 0 Å². The van der Waals surface area contributed by atoms with Gasteiger partial charge in [0.05, 0.1) is 12.1 Å². The van der Waals surface area contributed by atoms with E-state index in [-0.39, 0.29) is 50.2 Å². The second kappa shape index (κ2) is 30.3. The van der Waals surface area contributed by atoms with Gasteiger partial charge in [-0.05, 0) is 61.1 Å². The first-order valence-corrected chi connectivity index (χ1v) is 26.2. The van der Waals surface area contributed by atoms with Crippen LogP contribution in [0.4, 0.5) is 0 Å². The largest absolute Gasteiger partial charge is 0.480 e. The van der Waals surface area contributed by atoms with Crippen molar-refractivity contribution in [2.75, 3.05) is 18.1 Å². The number of fused-ring (bicyclic) bond motifs is 1. The molecule has 7 amide bonds. The molecule has 8 unspecified atom stereocenters. The number of H-pyrrole nitrogens is 1. The predicted molar refractivity (Wildman–Crippen MR) is 294 cm³/mol. The number of carbonyl (C=O) groups is 8. The van der Waals surface area contributed by atoms with E-state index in [9.17, 15) is 48.6 Å². The van der Waals surface area contributed by atoms with Crippen molar-refractivity contribution < 1.29 is 48.6 Å². The predicted octanol–water partition coefficient (Wildman–Crippen LogP) is 0.613. The van der Waals surface area contributed by atoms with Crippen LogP contribution in [0.3, 0.4) is 0 Å². The lowest BCUT2D eigenvalue weighted by Crippen LogP contribution is -2.62. The summed E-state index contributed by atoms with van der Waals surface area (Å²) in [4.78, 5) is 114. The third-order valence-corrected chi connectivity index (χ3v) is 13.2. The topological polar surface area (TPSA) is 329 Å². The number of thiol groups is 2. The number of hydrogen-bond donors (Lipinski definition) is 14. The fourth-order valence-corrected chi connectivity index (χ4v) is 8.64. The maximum absolute atomic E-state index is 14.8. The smallest absolute Gasteiger partial charge is 0.327 e. The quantitative estimate of drug-likeness (QED) is 0.0222. The Hall–Kier alpha value is -7.24. The van der Waals surface area contributed by atoms with E-state index in [2.05, 4.69) is 67.5 Å². The van der Waals surface area contributed by atoms with Crippen LogP contribution in [-0.4, -0.2) is 135 Å². The molecule has 5 aromatic rings. The van der Waals surface area contributed by atoms with Crippen LogP contribution in [0.15, 0.2) is 121 Å². The Labute approximate surface area is 451 Å². The van der Waals surface area contributed by atoms with Gasteiger partial charge in [0.2, 0.25) is 41.4 Å². The molecule has 0 saturated heterocycles. The number of amides is 7. The Bertz CT molecular complexity index is 2720. The summed E-state index contributed by atoms with van der Waals surface area (Å²) in [6.45, 7) is 1.49. The van der Waals surface area contributed by atoms with Gasteiger partial charge in [-0.15, -0.1) is 0 Å². The zero-order valence-electron chi connectivity index (χ0n) is 42.0. The third kappa shape index (κ3) is 18.3. The summed E-state index contributed by atoms with van der Waals surface area (Å²) in [6, 6.07) is 22.9. The molecule has 0 bridgehead atoms. The van der Waals surface area contributed by atoms with Gasteiger partial charge < -0.3 is 63.9 Å². The number of aliphatic hydroxyl groups is 1. The molecule has 0 aliphatic carbocycles. The number of carboxylic acids is 1. The first-order chi connectivity index (χ1) is 36.5.